The van der Waals surface area contributed by atoms with Crippen LogP contribution in [0.5, 0.6) is 5.75 Å². The van der Waals surface area contributed by atoms with Crippen LogP contribution in [0.4, 0.5) is 10.1 Å². The predicted molar refractivity (Wildman–Crippen MR) is 79.2 cm³/mol. The van der Waals surface area contributed by atoms with E-state index in [1.165, 1.54) is 30.3 Å². The maximum absolute atomic E-state index is 13.4. The summed E-state index contributed by atoms with van der Waals surface area (Å²) < 4.78 is 18.4. The molecule has 1 aliphatic carbocycles. The van der Waals surface area contributed by atoms with Gasteiger partial charge in [0, 0.05) is 11.6 Å². The third-order valence-corrected chi connectivity index (χ3v) is 3.38. The van der Waals surface area contributed by atoms with E-state index in [-0.39, 0.29) is 23.1 Å². The van der Waals surface area contributed by atoms with Gasteiger partial charge in [0.05, 0.1) is 5.56 Å². The molecule has 0 heterocycles. The largest absolute Gasteiger partial charge is 0.420 e. The maximum atomic E-state index is 13.4. The Morgan fingerprint density at radius 3 is 2.36 bits per heavy atom. The second-order valence-electron chi connectivity index (χ2n) is 5.16. The molecule has 1 aliphatic rings. The Morgan fingerprint density at radius 1 is 1.05 bits per heavy atom. The normalized spacial score (nSPS) is 13.5. The highest BCUT2D eigenvalue weighted by molar-refractivity contribution is 5.95. The first-order valence-electron chi connectivity index (χ1n) is 7.01. The Kier molecular flexibility index (Phi) is 3.87. The quantitative estimate of drug-likeness (QED) is 0.695. The fraction of sp³-hybridized carbons (Fsp3) is 0.176. The summed E-state index contributed by atoms with van der Waals surface area (Å²) in [6.45, 7) is 0. The van der Waals surface area contributed by atoms with Crippen molar-refractivity contribution in [3.05, 3.63) is 59.9 Å². The molecule has 0 bridgehead atoms. The van der Waals surface area contributed by atoms with Crippen molar-refractivity contribution in [3.63, 3.8) is 0 Å². The number of carbonyl (C=O) groups is 2. The van der Waals surface area contributed by atoms with E-state index < -0.39 is 11.8 Å². The predicted octanol–water partition coefficient (Wildman–Crippen LogP) is 3.39. The summed E-state index contributed by atoms with van der Waals surface area (Å²) in [5.74, 6) is -1.24. The van der Waals surface area contributed by atoms with Crippen LogP contribution in [-0.2, 0) is 4.79 Å². The molecule has 3 rings (SSSR count). The average Bonchev–Trinajstić information content (AvgIpc) is 3.35. The first kappa shape index (κ1) is 14.3. The van der Waals surface area contributed by atoms with Crippen LogP contribution in [0.3, 0.4) is 0 Å². The van der Waals surface area contributed by atoms with Crippen LogP contribution < -0.4 is 10.1 Å². The zero-order valence-corrected chi connectivity index (χ0v) is 11.7. The highest BCUT2D eigenvalue weighted by Gasteiger charge is 2.29. The van der Waals surface area contributed by atoms with Gasteiger partial charge in [-0.1, -0.05) is 12.1 Å². The number of hydrogen-bond donors (Lipinski definition) is 1. The van der Waals surface area contributed by atoms with E-state index in [4.69, 9.17) is 4.74 Å². The van der Waals surface area contributed by atoms with E-state index in [1.54, 1.807) is 18.2 Å². The van der Waals surface area contributed by atoms with Crippen LogP contribution in [0.15, 0.2) is 48.5 Å². The zero-order valence-electron chi connectivity index (χ0n) is 11.7. The number of esters is 1. The number of para-hydroxylation sites is 1. The van der Waals surface area contributed by atoms with Crippen molar-refractivity contribution in [2.24, 2.45) is 5.92 Å². The molecule has 2 aromatic carbocycles. The summed E-state index contributed by atoms with van der Waals surface area (Å²) >= 11 is 0. The summed E-state index contributed by atoms with van der Waals surface area (Å²) in [7, 11) is 0. The highest BCUT2D eigenvalue weighted by Crippen LogP contribution is 2.30. The fourth-order valence-corrected chi connectivity index (χ4v) is 1.97. The number of carbonyl (C=O) groups excluding carboxylic acids is 2. The molecule has 112 valence electrons. The lowest BCUT2D eigenvalue weighted by atomic mass is 10.2. The number of nitrogens with one attached hydrogen (secondary N) is 1. The number of amides is 1. The van der Waals surface area contributed by atoms with Crippen LogP contribution in [0.2, 0.25) is 0 Å². The van der Waals surface area contributed by atoms with Crippen LogP contribution in [0, 0.1) is 11.7 Å². The number of anilines is 1. The molecule has 0 spiro atoms. The van der Waals surface area contributed by atoms with Gasteiger partial charge >= 0.3 is 5.97 Å². The van der Waals surface area contributed by atoms with Crippen LogP contribution in [0.25, 0.3) is 0 Å². The molecular formula is C17H14FNO3. The number of hydrogen-bond acceptors (Lipinski definition) is 3. The summed E-state index contributed by atoms with van der Waals surface area (Å²) in [5.41, 5.74) is 0.909. The molecule has 1 fully saturated rings. The van der Waals surface area contributed by atoms with Crippen LogP contribution in [0.1, 0.15) is 23.2 Å². The first-order chi connectivity index (χ1) is 10.6. The maximum Gasteiger partial charge on any atom is 0.343 e. The summed E-state index contributed by atoms with van der Waals surface area (Å²) in [5, 5.41) is 2.78. The van der Waals surface area contributed by atoms with Crippen molar-refractivity contribution in [2.45, 2.75) is 12.8 Å². The molecule has 0 aliphatic heterocycles. The lowest BCUT2D eigenvalue weighted by molar-refractivity contribution is -0.117. The third kappa shape index (κ3) is 3.31. The van der Waals surface area contributed by atoms with Gasteiger partial charge in [0.1, 0.15) is 0 Å². The standard InChI is InChI=1S/C17H14FNO3/c18-14-3-1-2-4-15(14)22-17(21)12-7-9-13(10-8-12)19-16(20)11-5-6-11/h1-4,7-11H,5-6H2,(H,19,20). The number of rotatable bonds is 4. The van der Waals surface area contributed by atoms with Gasteiger partial charge in [-0.05, 0) is 49.2 Å². The Labute approximate surface area is 126 Å². The van der Waals surface area contributed by atoms with Crippen molar-refractivity contribution in [3.8, 4) is 5.75 Å². The Hall–Kier alpha value is -2.69. The minimum atomic E-state index is -0.648. The molecule has 1 saturated carbocycles. The molecule has 1 N–H and O–H groups in total. The molecule has 1 amide bonds. The molecule has 5 heteroatoms. The molecule has 0 atom stereocenters. The van der Waals surface area contributed by atoms with E-state index in [0.29, 0.717) is 5.69 Å². The molecule has 2 aromatic rings. The minimum Gasteiger partial charge on any atom is -0.420 e. The molecule has 0 unspecified atom stereocenters. The molecular weight excluding hydrogens is 285 g/mol. The van der Waals surface area contributed by atoms with Crippen molar-refractivity contribution in [2.75, 3.05) is 5.32 Å². The Morgan fingerprint density at radius 2 is 1.73 bits per heavy atom. The molecule has 4 nitrogen and oxygen atoms in total. The van der Waals surface area contributed by atoms with E-state index in [9.17, 15) is 14.0 Å². The monoisotopic (exact) mass is 299 g/mol. The van der Waals surface area contributed by atoms with Gasteiger partial charge in [-0.3, -0.25) is 4.79 Å². The lowest BCUT2D eigenvalue weighted by Crippen LogP contribution is -2.14. The third-order valence-electron chi connectivity index (χ3n) is 3.38. The van der Waals surface area contributed by atoms with Gasteiger partial charge in [0.2, 0.25) is 5.91 Å². The zero-order chi connectivity index (χ0) is 15.5. The fourth-order valence-electron chi connectivity index (χ4n) is 1.97. The second-order valence-corrected chi connectivity index (χ2v) is 5.16. The van der Waals surface area contributed by atoms with Gasteiger partial charge in [0.15, 0.2) is 11.6 Å². The Bertz CT molecular complexity index is 708. The molecule has 0 saturated heterocycles. The lowest BCUT2D eigenvalue weighted by Gasteiger charge is -2.07. The summed E-state index contributed by atoms with van der Waals surface area (Å²) in [4.78, 5) is 23.6. The summed E-state index contributed by atoms with van der Waals surface area (Å²) in [6, 6.07) is 12.0. The summed E-state index contributed by atoms with van der Waals surface area (Å²) in [6.07, 6.45) is 1.86. The average molecular weight is 299 g/mol. The van der Waals surface area contributed by atoms with Crippen molar-refractivity contribution in [1.29, 1.82) is 0 Å². The highest BCUT2D eigenvalue weighted by atomic mass is 19.1. The smallest absolute Gasteiger partial charge is 0.343 e. The van der Waals surface area contributed by atoms with Crippen molar-refractivity contribution < 1.29 is 18.7 Å². The Balaban J connectivity index is 1.65. The van der Waals surface area contributed by atoms with Crippen molar-refractivity contribution in [1.82, 2.24) is 0 Å². The number of ether oxygens (including phenoxy) is 1. The van der Waals surface area contributed by atoms with Gasteiger partial charge < -0.3 is 10.1 Å². The van der Waals surface area contributed by atoms with Gasteiger partial charge in [-0.15, -0.1) is 0 Å². The van der Waals surface area contributed by atoms with Gasteiger partial charge in [-0.25, -0.2) is 9.18 Å². The number of halogens is 1. The number of benzene rings is 2. The minimum absolute atomic E-state index is 0.00156. The van der Waals surface area contributed by atoms with E-state index in [2.05, 4.69) is 5.32 Å². The van der Waals surface area contributed by atoms with E-state index in [0.717, 1.165) is 12.8 Å². The van der Waals surface area contributed by atoms with E-state index in [1.807, 2.05) is 0 Å². The van der Waals surface area contributed by atoms with Gasteiger partial charge in [0.25, 0.3) is 0 Å². The van der Waals surface area contributed by atoms with Crippen LogP contribution in [-0.4, -0.2) is 11.9 Å². The first-order valence-corrected chi connectivity index (χ1v) is 7.01. The molecule has 0 radical (unpaired) electrons. The topological polar surface area (TPSA) is 55.4 Å². The SMILES string of the molecule is O=C(Oc1ccccc1F)c1ccc(NC(=O)C2CC2)cc1. The second kappa shape index (κ2) is 5.97. The molecule has 0 aromatic heterocycles. The molecule has 22 heavy (non-hydrogen) atoms. The van der Waals surface area contributed by atoms with E-state index >= 15 is 0 Å². The van der Waals surface area contributed by atoms with Crippen LogP contribution >= 0.6 is 0 Å². The van der Waals surface area contributed by atoms with Crippen molar-refractivity contribution >= 4 is 17.6 Å². The van der Waals surface area contributed by atoms with Gasteiger partial charge in [-0.2, -0.15) is 0 Å².